The average Bonchev–Trinajstić information content (AvgIpc) is 3.52. The summed E-state index contributed by atoms with van der Waals surface area (Å²) in [4.78, 5) is 38.2. The van der Waals surface area contributed by atoms with Crippen molar-refractivity contribution < 1.29 is 9.59 Å². The normalized spacial score (nSPS) is 14.7. The fraction of sp³-hybridized carbons (Fsp3) is 0.355. The predicted molar refractivity (Wildman–Crippen MR) is 169 cm³/mol. The molecule has 3 N–H and O–H groups in total. The number of amides is 2. The van der Waals surface area contributed by atoms with E-state index in [9.17, 15) is 9.59 Å². The lowest BCUT2D eigenvalue weighted by Gasteiger charge is -2.25. The van der Waals surface area contributed by atoms with Gasteiger partial charge in [-0.2, -0.15) is 0 Å². The third-order valence-electron chi connectivity index (χ3n) is 8.19. The molecule has 0 unspecified atom stereocenters. The monoisotopic (exact) mass is 620 g/mol. The number of carbonyl (C=O) groups is 2. The Hall–Kier alpha value is -3.70. The van der Waals surface area contributed by atoms with Crippen LogP contribution in [0.4, 0.5) is 11.4 Å². The number of nitrogens with one attached hydrogen (secondary N) is 3. The molecule has 43 heavy (non-hydrogen) atoms. The maximum absolute atomic E-state index is 13.4. The fourth-order valence-electron chi connectivity index (χ4n) is 5.98. The lowest BCUT2D eigenvalue weighted by Crippen LogP contribution is -2.31. The van der Waals surface area contributed by atoms with Crippen LogP contribution in [0.25, 0.3) is 11.1 Å². The minimum Gasteiger partial charge on any atom is -0.327 e. The van der Waals surface area contributed by atoms with E-state index in [-0.39, 0.29) is 11.8 Å². The second-order valence-electron chi connectivity index (χ2n) is 11.0. The van der Waals surface area contributed by atoms with Gasteiger partial charge in [-0.3, -0.25) is 14.5 Å². The Labute approximate surface area is 260 Å². The molecule has 224 valence electrons. The minimum atomic E-state index is -0.348. The zero-order valence-corrected chi connectivity index (χ0v) is 25.9. The Morgan fingerprint density at radius 2 is 1.42 bits per heavy atom. The molecular formula is C31H34Cl2N8O2. The average molecular weight is 622 g/mol. The van der Waals surface area contributed by atoms with Gasteiger partial charge in [-0.15, -0.1) is 0 Å². The maximum Gasteiger partial charge on any atom is 0.291 e. The van der Waals surface area contributed by atoms with E-state index in [2.05, 4.69) is 37.7 Å². The van der Waals surface area contributed by atoms with Crippen LogP contribution in [0.2, 0.25) is 10.0 Å². The fourth-order valence-corrected chi connectivity index (χ4v) is 6.53. The topological polar surface area (TPSA) is 109 Å². The van der Waals surface area contributed by atoms with Gasteiger partial charge in [0.2, 0.25) is 0 Å². The summed E-state index contributed by atoms with van der Waals surface area (Å²) in [5.41, 5.74) is 6.08. The summed E-state index contributed by atoms with van der Waals surface area (Å²) in [7, 11) is 3.73. The maximum atomic E-state index is 13.4. The first-order chi connectivity index (χ1) is 20.8. The van der Waals surface area contributed by atoms with Crippen molar-refractivity contribution >= 4 is 46.4 Å². The quantitative estimate of drug-likeness (QED) is 0.267. The highest BCUT2D eigenvalue weighted by Gasteiger charge is 2.26. The highest BCUT2D eigenvalue weighted by Crippen LogP contribution is 2.40. The van der Waals surface area contributed by atoms with Gasteiger partial charge in [0.25, 0.3) is 11.8 Å². The van der Waals surface area contributed by atoms with Gasteiger partial charge in [0, 0.05) is 75.6 Å². The Morgan fingerprint density at radius 3 is 1.98 bits per heavy atom. The highest BCUT2D eigenvalue weighted by molar-refractivity contribution is 6.40. The number of rotatable bonds is 7. The van der Waals surface area contributed by atoms with Crippen molar-refractivity contribution in [2.45, 2.75) is 39.3 Å². The van der Waals surface area contributed by atoms with E-state index in [1.165, 1.54) is 0 Å². The smallest absolute Gasteiger partial charge is 0.291 e. The third-order valence-corrected chi connectivity index (χ3v) is 9.01. The zero-order chi connectivity index (χ0) is 30.2. The molecule has 10 nitrogen and oxygen atoms in total. The Morgan fingerprint density at radius 1 is 0.860 bits per heavy atom. The summed E-state index contributed by atoms with van der Waals surface area (Å²) in [5.74, 6) is -0.0111. The van der Waals surface area contributed by atoms with Crippen molar-refractivity contribution in [2.24, 2.45) is 14.1 Å². The van der Waals surface area contributed by atoms with E-state index >= 15 is 0 Å². The number of fused-ring (bicyclic) bond motifs is 2. The molecule has 0 spiro atoms. The van der Waals surface area contributed by atoms with Crippen molar-refractivity contribution in [1.82, 2.24) is 29.3 Å². The Bertz CT molecular complexity index is 1730. The van der Waals surface area contributed by atoms with Gasteiger partial charge in [0.05, 0.1) is 32.8 Å². The number of anilines is 2. The summed E-state index contributed by atoms with van der Waals surface area (Å²) in [5, 5.41) is 9.80. The van der Waals surface area contributed by atoms with E-state index in [0.29, 0.717) is 50.7 Å². The van der Waals surface area contributed by atoms with Crippen LogP contribution >= 0.6 is 23.2 Å². The Kier molecular flexibility index (Phi) is 8.28. The molecule has 0 bridgehead atoms. The first-order valence-corrected chi connectivity index (χ1v) is 15.2. The number of hydrogen-bond donors (Lipinski definition) is 3. The van der Waals surface area contributed by atoms with Gasteiger partial charge in [-0.25, -0.2) is 9.97 Å². The van der Waals surface area contributed by atoms with Gasteiger partial charge >= 0.3 is 0 Å². The van der Waals surface area contributed by atoms with Gasteiger partial charge in [0.1, 0.15) is 0 Å². The van der Waals surface area contributed by atoms with Gasteiger partial charge in [-0.1, -0.05) is 54.4 Å². The molecule has 2 aromatic carbocycles. The standard InChI is InChI=1S/C31H34Cl2N8O2/c1-4-14-41-15-12-25-23(17-41)36-29(40(25)3)31(43)38-21-10-6-8-19(27(21)33)18-7-5-9-20(26(18)32)37-30(42)28-35-22-16-34-13-11-24(22)39(28)2/h5-10,34H,4,11-17H2,1-3H3,(H,37,42)(H,38,43). The molecule has 0 atom stereocenters. The van der Waals surface area contributed by atoms with Gasteiger partial charge in [0.15, 0.2) is 11.6 Å². The lowest BCUT2D eigenvalue weighted by molar-refractivity contribution is 0.100. The van der Waals surface area contributed by atoms with Crippen LogP contribution in [0.1, 0.15) is 57.4 Å². The van der Waals surface area contributed by atoms with E-state index in [0.717, 1.165) is 68.2 Å². The van der Waals surface area contributed by atoms with Crippen LogP contribution in [0.5, 0.6) is 0 Å². The molecule has 2 aliphatic heterocycles. The number of imidazole rings is 2. The zero-order valence-electron chi connectivity index (χ0n) is 24.4. The van der Waals surface area contributed by atoms with Crippen molar-refractivity contribution in [3.05, 3.63) is 80.9 Å². The number of benzene rings is 2. The molecule has 0 radical (unpaired) electrons. The third kappa shape index (κ3) is 5.56. The van der Waals surface area contributed by atoms with Crippen LogP contribution < -0.4 is 16.0 Å². The first-order valence-electron chi connectivity index (χ1n) is 14.5. The molecule has 6 rings (SSSR count). The number of halogens is 2. The number of carbonyl (C=O) groups excluding carboxylic acids is 2. The second-order valence-corrected chi connectivity index (χ2v) is 11.7. The van der Waals surface area contributed by atoms with E-state index < -0.39 is 0 Å². The van der Waals surface area contributed by atoms with Crippen LogP contribution in [0.15, 0.2) is 36.4 Å². The molecule has 4 heterocycles. The summed E-state index contributed by atoms with van der Waals surface area (Å²) in [6.07, 6.45) is 2.74. The lowest BCUT2D eigenvalue weighted by atomic mass is 10.0. The SMILES string of the molecule is CCCN1CCc2c(nc(C(=O)Nc3cccc(-c4cccc(NC(=O)c5nc6c(n5C)CCNC6)c4Cl)c3Cl)n2C)C1. The summed E-state index contributed by atoms with van der Waals surface area (Å²) < 4.78 is 3.72. The van der Waals surface area contributed by atoms with E-state index in [1.54, 1.807) is 24.3 Å². The number of hydrogen-bond acceptors (Lipinski definition) is 6. The molecule has 0 aliphatic carbocycles. The molecule has 2 aliphatic rings. The van der Waals surface area contributed by atoms with Crippen LogP contribution in [-0.4, -0.2) is 55.5 Å². The largest absolute Gasteiger partial charge is 0.327 e. The Balaban J connectivity index is 1.23. The summed E-state index contributed by atoms with van der Waals surface area (Å²) in [6, 6.07) is 10.7. The number of nitrogens with zero attached hydrogens (tertiary/aromatic N) is 5. The van der Waals surface area contributed by atoms with Crippen molar-refractivity contribution in [2.75, 3.05) is 30.3 Å². The summed E-state index contributed by atoms with van der Waals surface area (Å²) >= 11 is 13.7. The summed E-state index contributed by atoms with van der Waals surface area (Å²) in [6.45, 7) is 6.36. The van der Waals surface area contributed by atoms with Crippen molar-refractivity contribution in [1.29, 1.82) is 0 Å². The van der Waals surface area contributed by atoms with E-state index in [4.69, 9.17) is 23.2 Å². The molecule has 0 saturated carbocycles. The first kappa shape index (κ1) is 29.4. The van der Waals surface area contributed by atoms with Crippen LogP contribution in [0.3, 0.4) is 0 Å². The molecule has 4 aromatic rings. The van der Waals surface area contributed by atoms with Crippen LogP contribution in [0, 0.1) is 0 Å². The molecule has 2 aromatic heterocycles. The van der Waals surface area contributed by atoms with E-state index in [1.807, 2.05) is 35.4 Å². The number of aromatic nitrogens is 4. The van der Waals surface area contributed by atoms with Gasteiger partial charge < -0.3 is 25.1 Å². The van der Waals surface area contributed by atoms with Crippen LogP contribution in [-0.2, 0) is 40.0 Å². The molecule has 0 fully saturated rings. The second kappa shape index (κ2) is 12.1. The van der Waals surface area contributed by atoms with Crippen molar-refractivity contribution in [3.8, 4) is 11.1 Å². The molecular weight excluding hydrogens is 587 g/mol. The van der Waals surface area contributed by atoms with Gasteiger partial charge in [-0.05, 0) is 25.1 Å². The molecule has 12 heteroatoms. The molecule has 2 amide bonds. The molecule has 0 saturated heterocycles. The minimum absolute atomic E-state index is 0.326. The van der Waals surface area contributed by atoms with Crippen molar-refractivity contribution in [3.63, 3.8) is 0 Å². The highest BCUT2D eigenvalue weighted by atomic mass is 35.5. The predicted octanol–water partition coefficient (Wildman–Crippen LogP) is 5.05.